The van der Waals surface area contributed by atoms with Crippen molar-refractivity contribution >= 4 is 45.2 Å². The van der Waals surface area contributed by atoms with Gasteiger partial charge < -0.3 is 21.2 Å². The first-order valence-corrected chi connectivity index (χ1v) is 12.2. The summed E-state index contributed by atoms with van der Waals surface area (Å²) in [6.07, 6.45) is 1.34. The van der Waals surface area contributed by atoms with Gasteiger partial charge in [-0.3, -0.25) is 14.8 Å². The monoisotopic (exact) mass is 516 g/mol. The zero-order valence-electron chi connectivity index (χ0n) is 21.0. The van der Waals surface area contributed by atoms with E-state index in [0.717, 1.165) is 22.3 Å². The highest BCUT2D eigenvalue weighted by atomic mass is 16.4. The number of nitrogens with one attached hydrogen (secondary N) is 2. The summed E-state index contributed by atoms with van der Waals surface area (Å²) in [6.45, 7) is 2.17. The standard InChI is InChI=1S/C29H24N8O2/c1-16-6-5-7-17-12-20(37(28(38)23(16)17)19-8-3-2-4-9-19)14-33-27-24(26(31)34-15-35-27)25(30)18-10-11-22-21(13-18)36-29(32)39-22/h2-13,15,30H,14H2,1H3,(H2,32,36)(H3,31,33,34,35). The van der Waals surface area contributed by atoms with Gasteiger partial charge in [0.2, 0.25) is 0 Å². The molecule has 10 nitrogen and oxygen atoms in total. The molecular weight excluding hydrogens is 492 g/mol. The number of pyridine rings is 1. The molecule has 0 saturated heterocycles. The van der Waals surface area contributed by atoms with Crippen molar-refractivity contribution < 1.29 is 4.42 Å². The van der Waals surface area contributed by atoms with Gasteiger partial charge in [0.15, 0.2) is 5.58 Å². The number of anilines is 3. The van der Waals surface area contributed by atoms with Gasteiger partial charge in [0.25, 0.3) is 11.6 Å². The number of nitrogens with zero attached hydrogens (tertiary/aromatic N) is 4. The molecule has 6 N–H and O–H groups in total. The van der Waals surface area contributed by atoms with Crippen LogP contribution in [0.2, 0.25) is 0 Å². The molecule has 3 aromatic carbocycles. The molecule has 0 aliphatic carbocycles. The molecule has 39 heavy (non-hydrogen) atoms. The van der Waals surface area contributed by atoms with E-state index >= 15 is 0 Å². The van der Waals surface area contributed by atoms with E-state index < -0.39 is 0 Å². The van der Waals surface area contributed by atoms with E-state index in [9.17, 15) is 4.79 Å². The van der Waals surface area contributed by atoms with E-state index in [4.69, 9.17) is 21.3 Å². The average Bonchev–Trinajstić information content (AvgIpc) is 3.31. The van der Waals surface area contributed by atoms with Crippen LogP contribution in [0.3, 0.4) is 0 Å². The molecule has 0 bridgehead atoms. The van der Waals surface area contributed by atoms with Crippen molar-refractivity contribution in [1.82, 2.24) is 19.5 Å². The molecule has 3 heterocycles. The van der Waals surface area contributed by atoms with Crippen LogP contribution in [0.15, 0.2) is 88.3 Å². The summed E-state index contributed by atoms with van der Waals surface area (Å²) >= 11 is 0. The third-order valence-electron chi connectivity index (χ3n) is 6.60. The van der Waals surface area contributed by atoms with Crippen molar-refractivity contribution in [1.29, 1.82) is 5.41 Å². The molecule has 0 spiro atoms. The van der Waals surface area contributed by atoms with Gasteiger partial charge in [-0.2, -0.15) is 4.98 Å². The van der Waals surface area contributed by atoms with Crippen LogP contribution in [0.25, 0.3) is 27.6 Å². The van der Waals surface area contributed by atoms with E-state index in [-0.39, 0.29) is 29.6 Å². The fraction of sp³-hybridized carbons (Fsp3) is 0.0690. The normalized spacial score (nSPS) is 11.2. The lowest BCUT2D eigenvalue weighted by molar-refractivity contribution is 0.626. The number of hydrogen-bond acceptors (Lipinski definition) is 9. The predicted molar refractivity (Wildman–Crippen MR) is 152 cm³/mol. The third kappa shape index (κ3) is 4.23. The smallest absolute Gasteiger partial charge is 0.292 e. The molecule has 6 aromatic rings. The highest BCUT2D eigenvalue weighted by Crippen LogP contribution is 2.26. The number of hydrogen-bond donors (Lipinski definition) is 4. The molecule has 0 unspecified atom stereocenters. The Bertz CT molecular complexity index is 1940. The first kappa shape index (κ1) is 23.9. The van der Waals surface area contributed by atoms with Crippen LogP contribution in [0.1, 0.15) is 22.4 Å². The maximum atomic E-state index is 13.7. The summed E-state index contributed by atoms with van der Waals surface area (Å²) in [5.74, 6) is 0.510. The van der Waals surface area contributed by atoms with Gasteiger partial charge in [0.05, 0.1) is 23.2 Å². The van der Waals surface area contributed by atoms with Crippen molar-refractivity contribution in [2.75, 3.05) is 16.8 Å². The molecule has 0 saturated carbocycles. The van der Waals surface area contributed by atoms with Crippen molar-refractivity contribution in [3.8, 4) is 5.69 Å². The predicted octanol–water partition coefficient (Wildman–Crippen LogP) is 4.42. The van der Waals surface area contributed by atoms with Gasteiger partial charge >= 0.3 is 0 Å². The van der Waals surface area contributed by atoms with Crippen LogP contribution < -0.4 is 22.3 Å². The highest BCUT2D eigenvalue weighted by Gasteiger charge is 2.19. The summed E-state index contributed by atoms with van der Waals surface area (Å²) < 4.78 is 7.04. The molecular formula is C29H24N8O2. The zero-order chi connectivity index (χ0) is 27.1. The Morgan fingerprint density at radius 3 is 2.67 bits per heavy atom. The lowest BCUT2D eigenvalue weighted by atomic mass is 10.0. The van der Waals surface area contributed by atoms with Crippen LogP contribution in [-0.2, 0) is 6.54 Å². The molecule has 0 radical (unpaired) electrons. The van der Waals surface area contributed by atoms with Crippen LogP contribution in [-0.4, -0.2) is 25.2 Å². The molecule has 0 aliphatic heterocycles. The quantitative estimate of drug-likeness (QED) is 0.236. The van der Waals surface area contributed by atoms with Crippen LogP contribution >= 0.6 is 0 Å². The first-order valence-electron chi connectivity index (χ1n) is 12.2. The summed E-state index contributed by atoms with van der Waals surface area (Å²) in [7, 11) is 0. The second kappa shape index (κ2) is 9.42. The largest absolute Gasteiger partial charge is 0.424 e. The topological polar surface area (TPSA) is 162 Å². The van der Waals surface area contributed by atoms with E-state index in [1.165, 1.54) is 6.33 Å². The van der Waals surface area contributed by atoms with Gasteiger partial charge in [-0.05, 0) is 54.3 Å². The van der Waals surface area contributed by atoms with Crippen LogP contribution in [0, 0.1) is 12.3 Å². The summed E-state index contributed by atoms with van der Waals surface area (Å²) in [6, 6.07) is 22.4. The van der Waals surface area contributed by atoms with E-state index in [2.05, 4.69) is 20.3 Å². The van der Waals surface area contributed by atoms with Crippen LogP contribution in [0.5, 0.6) is 0 Å². The SMILES string of the molecule is Cc1cccc2cc(CNc3ncnc(N)c3C(=N)c3ccc4oc(N)nc4c3)n(-c3ccccc3)c(=O)c12. The van der Waals surface area contributed by atoms with Crippen molar-refractivity contribution in [3.63, 3.8) is 0 Å². The molecule has 0 aliphatic rings. The summed E-state index contributed by atoms with van der Waals surface area (Å²) in [5, 5.41) is 13.7. The van der Waals surface area contributed by atoms with Gasteiger partial charge in [-0.1, -0.05) is 36.4 Å². The summed E-state index contributed by atoms with van der Waals surface area (Å²) in [5.41, 5.74) is 16.2. The Kier molecular flexibility index (Phi) is 5.76. The molecule has 10 heteroatoms. The van der Waals surface area contributed by atoms with Gasteiger partial charge in [0, 0.05) is 16.9 Å². The average molecular weight is 517 g/mol. The Morgan fingerprint density at radius 1 is 1.03 bits per heavy atom. The number of nitrogens with two attached hydrogens (primary N) is 2. The Labute approximate surface area is 222 Å². The number of para-hydroxylation sites is 1. The van der Waals surface area contributed by atoms with Crippen molar-refractivity contribution in [3.05, 3.63) is 112 Å². The fourth-order valence-corrected chi connectivity index (χ4v) is 4.78. The third-order valence-corrected chi connectivity index (χ3v) is 6.60. The first-order chi connectivity index (χ1) is 18.9. The maximum absolute atomic E-state index is 13.7. The molecule has 0 amide bonds. The second-order valence-corrected chi connectivity index (χ2v) is 9.10. The minimum atomic E-state index is -0.107. The van der Waals surface area contributed by atoms with Gasteiger partial charge in [-0.25, -0.2) is 9.97 Å². The molecule has 0 fully saturated rings. The van der Waals surface area contributed by atoms with Crippen molar-refractivity contribution in [2.24, 2.45) is 0 Å². The second-order valence-electron chi connectivity index (χ2n) is 9.10. The number of benzene rings is 3. The zero-order valence-corrected chi connectivity index (χ0v) is 21.0. The molecule has 6 rings (SSSR count). The molecule has 0 atom stereocenters. The number of aryl methyl sites for hydroxylation is 1. The number of oxazole rings is 1. The van der Waals surface area contributed by atoms with Crippen molar-refractivity contribution in [2.45, 2.75) is 13.5 Å². The minimum Gasteiger partial charge on any atom is -0.424 e. The van der Waals surface area contributed by atoms with Gasteiger partial charge in [0.1, 0.15) is 23.5 Å². The number of fused-ring (bicyclic) bond motifs is 2. The number of aromatic nitrogens is 4. The van der Waals surface area contributed by atoms with E-state index in [1.807, 2.05) is 61.5 Å². The maximum Gasteiger partial charge on any atom is 0.292 e. The highest BCUT2D eigenvalue weighted by molar-refractivity contribution is 6.17. The lowest BCUT2D eigenvalue weighted by Crippen LogP contribution is -2.24. The van der Waals surface area contributed by atoms with Crippen LogP contribution in [0.4, 0.5) is 17.7 Å². The molecule has 192 valence electrons. The number of rotatable bonds is 6. The van der Waals surface area contributed by atoms with E-state index in [1.54, 1.807) is 22.8 Å². The lowest BCUT2D eigenvalue weighted by Gasteiger charge is -2.18. The Balaban J connectivity index is 1.42. The Hall–Kier alpha value is -5.51. The number of nitrogen functional groups attached to an aromatic ring is 2. The minimum absolute atomic E-state index is 0.0497. The summed E-state index contributed by atoms with van der Waals surface area (Å²) in [4.78, 5) is 26.4. The van der Waals surface area contributed by atoms with E-state index in [0.29, 0.717) is 33.4 Å². The Morgan fingerprint density at radius 2 is 1.85 bits per heavy atom. The van der Waals surface area contributed by atoms with Gasteiger partial charge in [-0.15, -0.1) is 0 Å². The fourth-order valence-electron chi connectivity index (χ4n) is 4.78. The molecule has 3 aromatic heterocycles.